The molecule has 0 aliphatic heterocycles. The summed E-state index contributed by atoms with van der Waals surface area (Å²) in [7, 11) is -2.92. The minimum atomic E-state index is -2.92. The molecule has 0 heterocycles. The van der Waals surface area contributed by atoms with Crippen LogP contribution in [-0.2, 0) is 9.36 Å². The highest BCUT2D eigenvalue weighted by molar-refractivity contribution is 7.61. The zero-order chi connectivity index (χ0) is 11.6. The van der Waals surface area contributed by atoms with E-state index in [4.69, 9.17) is 39.9 Å². The first kappa shape index (κ1) is 12.9. The standard InChI is InChI=1S/C8H6Cl3O3P/c9-5-3-1-2-4-6(5)15(14)8(10,11)7(12)13/h1-4,15H,(H,12,13). The quantitative estimate of drug-likeness (QED) is 0.687. The topological polar surface area (TPSA) is 54.4 Å². The lowest BCUT2D eigenvalue weighted by atomic mass is 10.4. The van der Waals surface area contributed by atoms with Crippen molar-refractivity contribution >= 4 is 53.9 Å². The Bertz CT molecular complexity index is 419. The predicted octanol–water partition coefficient (Wildman–Crippen LogP) is 2.74. The lowest BCUT2D eigenvalue weighted by molar-refractivity contribution is -0.135. The summed E-state index contributed by atoms with van der Waals surface area (Å²) in [5.41, 5.74) is 0. The molecule has 0 amide bonds. The van der Waals surface area contributed by atoms with E-state index in [9.17, 15) is 9.36 Å². The van der Waals surface area contributed by atoms with Crippen molar-refractivity contribution in [2.75, 3.05) is 0 Å². The maximum atomic E-state index is 11.8. The van der Waals surface area contributed by atoms with Gasteiger partial charge in [0.1, 0.15) is 0 Å². The van der Waals surface area contributed by atoms with Gasteiger partial charge in [0.05, 0.1) is 5.02 Å². The van der Waals surface area contributed by atoms with Gasteiger partial charge in [-0.2, -0.15) is 0 Å². The molecule has 0 saturated heterocycles. The molecule has 0 radical (unpaired) electrons. The molecule has 15 heavy (non-hydrogen) atoms. The normalized spacial score (nSPS) is 13.5. The molecule has 3 nitrogen and oxygen atoms in total. The van der Waals surface area contributed by atoms with Crippen LogP contribution in [0, 0.1) is 0 Å². The second kappa shape index (κ2) is 4.75. The Kier molecular flexibility index (Phi) is 4.07. The molecule has 0 bridgehead atoms. The van der Waals surface area contributed by atoms with Gasteiger partial charge in [-0.25, -0.2) is 4.79 Å². The summed E-state index contributed by atoms with van der Waals surface area (Å²) >= 11 is 16.7. The molecule has 82 valence electrons. The van der Waals surface area contributed by atoms with Crippen molar-refractivity contribution in [3.63, 3.8) is 0 Å². The molecular weight excluding hydrogens is 281 g/mol. The largest absolute Gasteiger partial charge is 0.479 e. The van der Waals surface area contributed by atoms with Crippen molar-refractivity contribution in [2.24, 2.45) is 0 Å². The van der Waals surface area contributed by atoms with E-state index >= 15 is 0 Å². The molecule has 0 spiro atoms. The maximum Gasteiger partial charge on any atom is 0.348 e. The van der Waals surface area contributed by atoms with Crippen molar-refractivity contribution in [1.29, 1.82) is 0 Å². The SMILES string of the molecule is O=C(O)C(Cl)(Cl)[PH](=O)c1ccccc1Cl. The van der Waals surface area contributed by atoms with E-state index in [0.717, 1.165) is 0 Å². The van der Waals surface area contributed by atoms with Crippen LogP contribution in [0.3, 0.4) is 0 Å². The van der Waals surface area contributed by atoms with Gasteiger partial charge in [0, 0.05) is 5.30 Å². The van der Waals surface area contributed by atoms with E-state index in [-0.39, 0.29) is 10.3 Å². The second-order valence-corrected chi connectivity index (χ2v) is 7.00. The van der Waals surface area contributed by atoms with Crippen LogP contribution in [0.5, 0.6) is 0 Å². The van der Waals surface area contributed by atoms with E-state index in [1.807, 2.05) is 0 Å². The fourth-order valence-electron chi connectivity index (χ4n) is 0.912. The van der Waals surface area contributed by atoms with Gasteiger partial charge in [0.25, 0.3) is 4.07 Å². The summed E-state index contributed by atoms with van der Waals surface area (Å²) in [5, 5.41) is 9.03. The summed E-state index contributed by atoms with van der Waals surface area (Å²) in [4.78, 5) is 10.7. The van der Waals surface area contributed by atoms with Crippen LogP contribution >= 0.6 is 42.6 Å². The molecule has 1 N–H and O–H groups in total. The lowest BCUT2D eigenvalue weighted by Gasteiger charge is -2.14. The van der Waals surface area contributed by atoms with Crippen LogP contribution in [0.25, 0.3) is 0 Å². The third-order valence-corrected chi connectivity index (χ3v) is 5.22. The molecule has 1 aromatic rings. The van der Waals surface area contributed by atoms with Gasteiger partial charge >= 0.3 is 5.97 Å². The monoisotopic (exact) mass is 286 g/mol. The number of carbonyl (C=O) groups is 1. The highest BCUT2D eigenvalue weighted by Crippen LogP contribution is 2.46. The predicted molar refractivity (Wildman–Crippen MR) is 62.2 cm³/mol. The van der Waals surface area contributed by atoms with Crippen LogP contribution in [0.4, 0.5) is 0 Å². The Labute approximate surface area is 102 Å². The van der Waals surface area contributed by atoms with Crippen molar-refractivity contribution in [3.05, 3.63) is 29.3 Å². The molecule has 1 rings (SSSR count). The number of halogens is 3. The number of alkyl halides is 2. The van der Waals surface area contributed by atoms with Crippen molar-refractivity contribution < 1.29 is 14.5 Å². The third kappa shape index (κ3) is 2.67. The summed E-state index contributed by atoms with van der Waals surface area (Å²) < 4.78 is 9.46. The summed E-state index contributed by atoms with van der Waals surface area (Å²) in [6.45, 7) is 0. The molecule has 1 atom stereocenters. The number of rotatable bonds is 3. The molecule has 0 aliphatic rings. The lowest BCUT2D eigenvalue weighted by Crippen LogP contribution is -2.24. The van der Waals surface area contributed by atoms with Gasteiger partial charge in [-0.15, -0.1) is 0 Å². The van der Waals surface area contributed by atoms with Crippen LogP contribution in [-0.4, -0.2) is 15.2 Å². The Morgan fingerprint density at radius 2 is 1.87 bits per heavy atom. The van der Waals surface area contributed by atoms with Crippen molar-refractivity contribution in [3.8, 4) is 0 Å². The minimum Gasteiger partial charge on any atom is -0.479 e. The highest BCUT2D eigenvalue weighted by Gasteiger charge is 2.41. The number of benzene rings is 1. The van der Waals surface area contributed by atoms with Crippen molar-refractivity contribution in [1.82, 2.24) is 0 Å². The van der Waals surface area contributed by atoms with Gasteiger partial charge in [-0.1, -0.05) is 53.0 Å². The molecule has 0 fully saturated rings. The molecule has 1 unspecified atom stereocenters. The van der Waals surface area contributed by atoms with E-state index in [1.165, 1.54) is 12.1 Å². The summed E-state index contributed by atoms with van der Waals surface area (Å²) in [6.07, 6.45) is 0. The van der Waals surface area contributed by atoms with Crippen LogP contribution in [0.1, 0.15) is 0 Å². The van der Waals surface area contributed by atoms with Gasteiger partial charge in [0.15, 0.2) is 7.80 Å². The number of carboxylic acid groups (broad SMARTS) is 1. The van der Waals surface area contributed by atoms with Gasteiger partial charge in [0.2, 0.25) is 0 Å². The molecule has 0 saturated carbocycles. The molecule has 0 aliphatic carbocycles. The van der Waals surface area contributed by atoms with Crippen molar-refractivity contribution in [2.45, 2.75) is 4.07 Å². The Morgan fingerprint density at radius 3 is 2.33 bits per heavy atom. The van der Waals surface area contributed by atoms with Crippen LogP contribution < -0.4 is 5.30 Å². The zero-order valence-electron chi connectivity index (χ0n) is 7.21. The van der Waals surface area contributed by atoms with E-state index < -0.39 is 17.8 Å². The molecule has 7 heteroatoms. The van der Waals surface area contributed by atoms with E-state index in [1.54, 1.807) is 12.1 Å². The van der Waals surface area contributed by atoms with E-state index in [2.05, 4.69) is 0 Å². The van der Waals surface area contributed by atoms with Crippen LogP contribution in [0.2, 0.25) is 5.02 Å². The Hall–Kier alpha value is -0.210. The van der Waals surface area contributed by atoms with E-state index in [0.29, 0.717) is 0 Å². The maximum absolute atomic E-state index is 11.8. The Balaban J connectivity index is 3.16. The molecule has 0 aromatic heterocycles. The summed E-state index contributed by atoms with van der Waals surface area (Å²) in [5.74, 6) is -1.55. The minimum absolute atomic E-state index is 0.163. The summed E-state index contributed by atoms with van der Waals surface area (Å²) in [6, 6.07) is 6.14. The van der Waals surface area contributed by atoms with Gasteiger partial charge in [-0.05, 0) is 6.07 Å². The van der Waals surface area contributed by atoms with Crippen LogP contribution in [0.15, 0.2) is 24.3 Å². The number of aliphatic carboxylic acids is 1. The number of carboxylic acids is 1. The fraction of sp³-hybridized carbons (Fsp3) is 0.125. The third-order valence-electron chi connectivity index (χ3n) is 1.67. The zero-order valence-corrected chi connectivity index (χ0v) is 10.5. The first-order valence-corrected chi connectivity index (χ1v) is 6.32. The Morgan fingerprint density at radius 1 is 1.33 bits per heavy atom. The number of hydrogen-bond acceptors (Lipinski definition) is 2. The highest BCUT2D eigenvalue weighted by atomic mass is 35.5. The first-order valence-electron chi connectivity index (χ1n) is 3.78. The molecule has 1 aromatic carbocycles. The molecular formula is C8H6Cl3O3P. The average molecular weight is 287 g/mol. The average Bonchev–Trinajstić information content (AvgIpc) is 2.17. The van der Waals surface area contributed by atoms with Gasteiger partial charge < -0.3 is 9.67 Å². The fourth-order valence-corrected chi connectivity index (χ4v) is 3.00. The van der Waals surface area contributed by atoms with Gasteiger partial charge in [-0.3, -0.25) is 0 Å². The second-order valence-electron chi connectivity index (χ2n) is 2.69. The smallest absolute Gasteiger partial charge is 0.348 e. The number of hydrogen-bond donors (Lipinski definition) is 1. The first-order chi connectivity index (χ1) is 6.87.